The highest BCUT2D eigenvalue weighted by Crippen LogP contribution is 2.27. The lowest BCUT2D eigenvalue weighted by atomic mass is 10.3. The number of anilines is 1. The zero-order valence-electron chi connectivity index (χ0n) is 12.2. The minimum absolute atomic E-state index is 0.311. The highest BCUT2D eigenvalue weighted by Gasteiger charge is 2.33. The van der Waals surface area contributed by atoms with Gasteiger partial charge < -0.3 is 4.90 Å². The molecule has 0 heterocycles. The molecule has 0 fully saturated rings. The Hall–Kier alpha value is -1.22. The quantitative estimate of drug-likeness (QED) is 0.775. The van der Waals surface area contributed by atoms with Crippen LogP contribution >= 0.6 is 23.2 Å². The van der Waals surface area contributed by atoms with Gasteiger partial charge in [-0.3, -0.25) is 0 Å². The van der Waals surface area contributed by atoms with Crippen LogP contribution in [0.1, 0.15) is 20.8 Å². The number of nitriles is 1. The van der Waals surface area contributed by atoms with Crippen LogP contribution < -0.4 is 4.90 Å². The fourth-order valence-electron chi connectivity index (χ4n) is 1.48. The van der Waals surface area contributed by atoms with Gasteiger partial charge >= 0.3 is 0 Å². The summed E-state index contributed by atoms with van der Waals surface area (Å²) in [6, 6.07) is 6.57. The van der Waals surface area contributed by atoms with Gasteiger partial charge in [0.15, 0.2) is 14.7 Å². The SMILES string of the molecule is CN(/C=C(\C#N)S(=O)(=O)C(C)(C)C)c1cc(Cl)cc(Cl)c1. The first-order chi connectivity index (χ1) is 9.49. The summed E-state index contributed by atoms with van der Waals surface area (Å²) in [5, 5.41) is 10.0. The number of nitrogens with zero attached hydrogens (tertiary/aromatic N) is 2. The number of halogens is 2. The number of sulfone groups is 1. The summed E-state index contributed by atoms with van der Waals surface area (Å²) >= 11 is 11.8. The van der Waals surface area contributed by atoms with Crippen LogP contribution in [0.25, 0.3) is 0 Å². The van der Waals surface area contributed by atoms with Gasteiger partial charge in [-0.2, -0.15) is 5.26 Å². The van der Waals surface area contributed by atoms with Gasteiger partial charge in [0.25, 0.3) is 0 Å². The van der Waals surface area contributed by atoms with Gasteiger partial charge in [0.05, 0.1) is 4.75 Å². The molecule has 0 aliphatic heterocycles. The topological polar surface area (TPSA) is 61.2 Å². The number of hydrogen-bond donors (Lipinski definition) is 0. The van der Waals surface area contributed by atoms with Crippen molar-refractivity contribution >= 4 is 38.7 Å². The maximum absolute atomic E-state index is 12.3. The third-order valence-corrected chi connectivity index (χ3v) is 5.60. The van der Waals surface area contributed by atoms with E-state index in [0.29, 0.717) is 15.7 Å². The van der Waals surface area contributed by atoms with E-state index >= 15 is 0 Å². The molecule has 0 saturated carbocycles. The second-order valence-electron chi connectivity index (χ2n) is 5.46. The van der Waals surface area contributed by atoms with Gasteiger partial charge in [-0.15, -0.1) is 0 Å². The average molecular weight is 347 g/mol. The molecule has 21 heavy (non-hydrogen) atoms. The largest absolute Gasteiger partial charge is 0.349 e. The van der Waals surface area contributed by atoms with E-state index in [-0.39, 0.29) is 4.91 Å². The number of rotatable bonds is 3. The van der Waals surface area contributed by atoms with Crippen LogP contribution in [0.2, 0.25) is 10.0 Å². The molecule has 1 rings (SSSR count). The summed E-state index contributed by atoms with van der Waals surface area (Å²) in [5.41, 5.74) is 0.587. The van der Waals surface area contributed by atoms with Crippen molar-refractivity contribution in [3.05, 3.63) is 39.3 Å². The molecule has 1 aromatic rings. The summed E-state index contributed by atoms with van der Waals surface area (Å²) in [4.78, 5) is 1.19. The lowest BCUT2D eigenvalue weighted by Gasteiger charge is -2.21. The fourth-order valence-corrected chi connectivity index (χ4v) is 3.07. The average Bonchev–Trinajstić information content (AvgIpc) is 2.32. The predicted molar refractivity (Wildman–Crippen MR) is 87.2 cm³/mol. The monoisotopic (exact) mass is 346 g/mol. The maximum atomic E-state index is 12.3. The van der Waals surface area contributed by atoms with E-state index in [2.05, 4.69) is 0 Å². The van der Waals surface area contributed by atoms with Crippen LogP contribution in [0.4, 0.5) is 5.69 Å². The molecular formula is C14H16Cl2N2O2S. The molecule has 0 saturated heterocycles. The highest BCUT2D eigenvalue weighted by atomic mass is 35.5. The van der Waals surface area contributed by atoms with Crippen molar-refractivity contribution in [3.63, 3.8) is 0 Å². The van der Waals surface area contributed by atoms with Crippen LogP contribution in [-0.4, -0.2) is 20.2 Å². The smallest absolute Gasteiger partial charge is 0.194 e. The minimum atomic E-state index is -3.72. The molecule has 0 aromatic heterocycles. The molecule has 0 aliphatic carbocycles. The molecule has 114 valence electrons. The Balaban J connectivity index is 3.30. The third-order valence-electron chi connectivity index (χ3n) is 2.77. The van der Waals surface area contributed by atoms with Crippen LogP contribution in [0.5, 0.6) is 0 Å². The van der Waals surface area contributed by atoms with Crippen molar-refractivity contribution in [2.45, 2.75) is 25.5 Å². The standard InChI is InChI=1S/C14H16Cl2N2O2S/c1-14(2,3)21(19,20)13(8-17)9-18(4)12-6-10(15)5-11(16)7-12/h5-7,9H,1-4H3/b13-9+. The van der Waals surface area contributed by atoms with E-state index < -0.39 is 14.6 Å². The molecule has 0 N–H and O–H groups in total. The summed E-state index contributed by atoms with van der Waals surface area (Å²) in [6.07, 6.45) is 1.27. The van der Waals surface area contributed by atoms with E-state index in [9.17, 15) is 8.42 Å². The first-order valence-electron chi connectivity index (χ1n) is 6.04. The Morgan fingerprint density at radius 2 is 1.71 bits per heavy atom. The summed E-state index contributed by atoms with van der Waals surface area (Å²) in [7, 11) is -2.10. The Kier molecular flexibility index (Phi) is 5.32. The summed E-state index contributed by atoms with van der Waals surface area (Å²) in [6.45, 7) is 4.64. The molecule has 0 radical (unpaired) electrons. The van der Waals surface area contributed by atoms with Crippen LogP contribution in [0.15, 0.2) is 29.3 Å². The highest BCUT2D eigenvalue weighted by molar-refractivity contribution is 7.96. The first-order valence-corrected chi connectivity index (χ1v) is 8.28. The van der Waals surface area contributed by atoms with Gasteiger partial charge in [-0.25, -0.2) is 8.42 Å². The molecule has 7 heteroatoms. The zero-order chi connectivity index (χ0) is 16.4. The second-order valence-corrected chi connectivity index (χ2v) is 9.00. The minimum Gasteiger partial charge on any atom is -0.349 e. The number of allylic oxidation sites excluding steroid dienone is 1. The number of benzene rings is 1. The lowest BCUT2D eigenvalue weighted by molar-refractivity contribution is 0.568. The van der Waals surface area contributed by atoms with Gasteiger partial charge in [-0.1, -0.05) is 23.2 Å². The zero-order valence-corrected chi connectivity index (χ0v) is 14.5. The van der Waals surface area contributed by atoms with Crippen molar-refractivity contribution in [1.82, 2.24) is 0 Å². The Bertz CT molecular complexity index is 693. The van der Waals surface area contributed by atoms with Crippen LogP contribution in [-0.2, 0) is 9.84 Å². The van der Waals surface area contributed by atoms with Crippen molar-refractivity contribution < 1.29 is 8.42 Å². The summed E-state index contributed by atoms with van der Waals surface area (Å²) in [5.74, 6) is 0. The van der Waals surface area contributed by atoms with Gasteiger partial charge in [-0.05, 0) is 39.0 Å². The van der Waals surface area contributed by atoms with E-state index in [1.165, 1.54) is 11.1 Å². The van der Waals surface area contributed by atoms with Crippen molar-refractivity contribution in [2.24, 2.45) is 0 Å². The summed E-state index contributed by atoms with van der Waals surface area (Å²) < 4.78 is 23.6. The molecule has 0 aliphatic rings. The molecule has 1 aromatic carbocycles. The Morgan fingerprint density at radius 3 is 2.10 bits per heavy atom. The Labute approximate surface area is 135 Å². The lowest BCUT2D eigenvalue weighted by Crippen LogP contribution is -2.29. The molecule has 0 bridgehead atoms. The molecule has 0 atom stereocenters. The van der Waals surface area contributed by atoms with E-state index in [1.807, 2.05) is 0 Å². The van der Waals surface area contributed by atoms with Crippen molar-refractivity contribution in [1.29, 1.82) is 5.26 Å². The molecule has 0 amide bonds. The molecular weight excluding hydrogens is 331 g/mol. The van der Waals surface area contributed by atoms with Crippen molar-refractivity contribution in [3.8, 4) is 6.07 Å². The van der Waals surface area contributed by atoms with E-state index in [0.717, 1.165) is 0 Å². The van der Waals surface area contributed by atoms with Crippen molar-refractivity contribution in [2.75, 3.05) is 11.9 Å². The van der Waals surface area contributed by atoms with Crippen LogP contribution in [0, 0.1) is 11.3 Å². The molecule has 0 unspecified atom stereocenters. The van der Waals surface area contributed by atoms with E-state index in [1.54, 1.807) is 52.1 Å². The number of hydrogen-bond acceptors (Lipinski definition) is 4. The third kappa shape index (κ3) is 4.13. The van der Waals surface area contributed by atoms with Gasteiger partial charge in [0, 0.05) is 29.0 Å². The van der Waals surface area contributed by atoms with E-state index in [4.69, 9.17) is 28.5 Å². The second kappa shape index (κ2) is 6.27. The Morgan fingerprint density at radius 1 is 1.24 bits per heavy atom. The molecule has 4 nitrogen and oxygen atoms in total. The predicted octanol–water partition coefficient (Wildman–Crippen LogP) is 4.01. The first kappa shape index (κ1) is 17.8. The van der Waals surface area contributed by atoms with Crippen LogP contribution in [0.3, 0.4) is 0 Å². The van der Waals surface area contributed by atoms with Gasteiger partial charge in [0.2, 0.25) is 0 Å². The fraction of sp³-hybridized carbons (Fsp3) is 0.357. The normalized spacial score (nSPS) is 12.9. The molecule has 0 spiro atoms. The maximum Gasteiger partial charge on any atom is 0.194 e. The van der Waals surface area contributed by atoms with Gasteiger partial charge in [0.1, 0.15) is 6.07 Å².